The van der Waals surface area contributed by atoms with Crippen molar-refractivity contribution in [2.45, 2.75) is 20.3 Å². The maximum absolute atomic E-state index is 11.2. The number of aromatic carboxylic acids is 1. The van der Waals surface area contributed by atoms with Crippen molar-refractivity contribution in [2.75, 3.05) is 0 Å². The highest BCUT2D eigenvalue weighted by molar-refractivity contribution is 7.13. The van der Waals surface area contributed by atoms with E-state index in [0.29, 0.717) is 17.9 Å². The van der Waals surface area contributed by atoms with Crippen molar-refractivity contribution in [3.05, 3.63) is 28.3 Å². The van der Waals surface area contributed by atoms with Gasteiger partial charge in [0.1, 0.15) is 11.3 Å². The summed E-state index contributed by atoms with van der Waals surface area (Å²) in [5.74, 6) is -0.559. The summed E-state index contributed by atoms with van der Waals surface area (Å²) in [6.07, 6.45) is 0.527. The van der Waals surface area contributed by atoms with Gasteiger partial charge in [0, 0.05) is 6.42 Å². The van der Waals surface area contributed by atoms with Crippen LogP contribution in [0.2, 0.25) is 0 Å². The van der Waals surface area contributed by atoms with Gasteiger partial charge in [-0.05, 0) is 23.9 Å². The zero-order valence-corrected chi connectivity index (χ0v) is 9.80. The number of aromatic nitrogens is 1. The first-order valence-electron chi connectivity index (χ1n) is 4.91. The number of carboxylic acids is 1. The molecule has 0 aromatic carbocycles. The lowest BCUT2D eigenvalue weighted by molar-refractivity contribution is 0.0695. The number of nitrogens with zero attached hydrogens (tertiary/aromatic N) is 1. The smallest absolute Gasteiger partial charge is 0.341 e. The van der Waals surface area contributed by atoms with E-state index in [2.05, 4.69) is 5.16 Å². The standard InChI is InChI=1S/C11H11NO3S/c1-3-7-8(11(13)14)9(12-15-7)10-6(2)4-5-16-10/h4-5H,3H2,1-2H3,(H,13,14). The fourth-order valence-corrected chi connectivity index (χ4v) is 2.47. The summed E-state index contributed by atoms with van der Waals surface area (Å²) in [6.45, 7) is 3.77. The number of thiophene rings is 1. The molecule has 16 heavy (non-hydrogen) atoms. The van der Waals surface area contributed by atoms with E-state index >= 15 is 0 Å². The number of carbonyl (C=O) groups is 1. The van der Waals surface area contributed by atoms with Crippen LogP contribution in [0, 0.1) is 6.92 Å². The highest BCUT2D eigenvalue weighted by Gasteiger charge is 2.23. The fraction of sp³-hybridized carbons (Fsp3) is 0.273. The van der Waals surface area contributed by atoms with Crippen molar-refractivity contribution in [1.29, 1.82) is 0 Å². The first-order chi connectivity index (χ1) is 7.65. The molecule has 0 saturated heterocycles. The van der Waals surface area contributed by atoms with Crippen LogP contribution in [0.4, 0.5) is 0 Å². The number of hydrogen-bond donors (Lipinski definition) is 1. The lowest BCUT2D eigenvalue weighted by Gasteiger charge is -1.96. The minimum absolute atomic E-state index is 0.188. The summed E-state index contributed by atoms with van der Waals surface area (Å²) in [4.78, 5) is 12.0. The van der Waals surface area contributed by atoms with Crippen molar-refractivity contribution < 1.29 is 14.4 Å². The molecule has 0 radical (unpaired) electrons. The lowest BCUT2D eigenvalue weighted by atomic mass is 10.1. The predicted octanol–water partition coefficient (Wildman–Crippen LogP) is 2.97. The van der Waals surface area contributed by atoms with E-state index in [1.165, 1.54) is 11.3 Å². The summed E-state index contributed by atoms with van der Waals surface area (Å²) < 4.78 is 5.06. The highest BCUT2D eigenvalue weighted by atomic mass is 32.1. The number of hydrogen-bond acceptors (Lipinski definition) is 4. The van der Waals surface area contributed by atoms with Gasteiger partial charge in [0.25, 0.3) is 0 Å². The number of rotatable bonds is 3. The minimum Gasteiger partial charge on any atom is -0.477 e. The molecule has 2 aromatic rings. The second-order valence-electron chi connectivity index (χ2n) is 3.42. The summed E-state index contributed by atoms with van der Waals surface area (Å²) in [7, 11) is 0. The third kappa shape index (κ3) is 1.63. The Labute approximate surface area is 96.5 Å². The van der Waals surface area contributed by atoms with E-state index in [4.69, 9.17) is 9.63 Å². The Kier molecular flexibility index (Phi) is 2.78. The molecular weight excluding hydrogens is 226 g/mol. The molecule has 1 N–H and O–H groups in total. The van der Waals surface area contributed by atoms with E-state index < -0.39 is 5.97 Å². The van der Waals surface area contributed by atoms with Crippen molar-refractivity contribution in [3.8, 4) is 10.6 Å². The van der Waals surface area contributed by atoms with Gasteiger partial charge in [-0.2, -0.15) is 0 Å². The summed E-state index contributed by atoms with van der Waals surface area (Å²) in [5, 5.41) is 14.9. The Hall–Kier alpha value is -1.62. The molecule has 0 spiro atoms. The van der Waals surface area contributed by atoms with Crippen LogP contribution in [0.25, 0.3) is 10.6 Å². The van der Waals surface area contributed by atoms with Crippen LogP contribution in [-0.2, 0) is 6.42 Å². The monoisotopic (exact) mass is 237 g/mol. The molecule has 0 fully saturated rings. The Morgan fingerprint density at radius 1 is 1.62 bits per heavy atom. The summed E-state index contributed by atoms with van der Waals surface area (Å²) in [6, 6.07) is 1.94. The van der Waals surface area contributed by atoms with Crippen molar-refractivity contribution in [1.82, 2.24) is 5.16 Å². The van der Waals surface area contributed by atoms with Gasteiger partial charge in [0.15, 0.2) is 5.76 Å². The van der Waals surface area contributed by atoms with Crippen LogP contribution >= 0.6 is 11.3 Å². The zero-order chi connectivity index (χ0) is 11.7. The molecule has 5 heteroatoms. The average molecular weight is 237 g/mol. The van der Waals surface area contributed by atoms with Crippen molar-refractivity contribution in [3.63, 3.8) is 0 Å². The quantitative estimate of drug-likeness (QED) is 0.891. The molecule has 0 aliphatic carbocycles. The van der Waals surface area contributed by atoms with Gasteiger partial charge in [0.2, 0.25) is 0 Å². The molecule has 0 unspecified atom stereocenters. The van der Waals surface area contributed by atoms with Crippen LogP contribution < -0.4 is 0 Å². The predicted molar refractivity (Wildman–Crippen MR) is 60.9 cm³/mol. The van der Waals surface area contributed by atoms with E-state index in [1.54, 1.807) is 0 Å². The summed E-state index contributed by atoms with van der Waals surface area (Å²) >= 11 is 1.47. The van der Waals surface area contributed by atoms with Gasteiger partial charge >= 0.3 is 5.97 Å². The van der Waals surface area contributed by atoms with Gasteiger partial charge in [-0.15, -0.1) is 11.3 Å². The minimum atomic E-state index is -0.985. The van der Waals surface area contributed by atoms with E-state index in [9.17, 15) is 4.79 Å². The SMILES string of the molecule is CCc1onc(-c2sccc2C)c1C(=O)O. The molecule has 2 aromatic heterocycles. The number of aryl methyl sites for hydroxylation is 2. The van der Waals surface area contributed by atoms with Gasteiger partial charge in [-0.1, -0.05) is 12.1 Å². The van der Waals surface area contributed by atoms with Gasteiger partial charge in [-0.25, -0.2) is 4.79 Å². The molecule has 0 aliphatic heterocycles. The van der Waals surface area contributed by atoms with Gasteiger partial charge < -0.3 is 9.63 Å². The summed E-state index contributed by atoms with van der Waals surface area (Å²) in [5.41, 5.74) is 1.65. The molecule has 4 nitrogen and oxygen atoms in total. The first-order valence-corrected chi connectivity index (χ1v) is 5.79. The van der Waals surface area contributed by atoms with Crippen LogP contribution in [0.5, 0.6) is 0 Å². The van der Waals surface area contributed by atoms with Crippen molar-refractivity contribution in [2.24, 2.45) is 0 Å². The average Bonchev–Trinajstić information content (AvgIpc) is 2.82. The van der Waals surface area contributed by atoms with E-state index in [1.807, 2.05) is 25.3 Å². The lowest BCUT2D eigenvalue weighted by Crippen LogP contribution is -2.00. The Bertz CT molecular complexity index is 527. The maximum Gasteiger partial charge on any atom is 0.341 e. The van der Waals surface area contributed by atoms with Crippen LogP contribution in [0.3, 0.4) is 0 Å². The third-order valence-corrected chi connectivity index (χ3v) is 3.40. The topological polar surface area (TPSA) is 63.3 Å². The Morgan fingerprint density at radius 3 is 2.88 bits per heavy atom. The van der Waals surface area contributed by atoms with Gasteiger partial charge in [-0.3, -0.25) is 0 Å². The van der Waals surface area contributed by atoms with Gasteiger partial charge in [0.05, 0.1) is 4.88 Å². The maximum atomic E-state index is 11.2. The van der Waals surface area contributed by atoms with Crippen molar-refractivity contribution >= 4 is 17.3 Å². The molecular formula is C11H11NO3S. The molecule has 0 bridgehead atoms. The third-order valence-electron chi connectivity index (χ3n) is 2.37. The molecule has 2 heterocycles. The highest BCUT2D eigenvalue weighted by Crippen LogP contribution is 2.32. The first kappa shape index (κ1) is 10.9. The van der Waals surface area contributed by atoms with Crippen LogP contribution in [0.1, 0.15) is 28.6 Å². The molecule has 0 amide bonds. The second-order valence-corrected chi connectivity index (χ2v) is 4.34. The number of carboxylic acid groups (broad SMARTS) is 1. The normalized spacial score (nSPS) is 10.6. The van der Waals surface area contributed by atoms with Crippen LogP contribution in [0.15, 0.2) is 16.0 Å². The Morgan fingerprint density at radius 2 is 2.38 bits per heavy atom. The van der Waals surface area contributed by atoms with E-state index in [-0.39, 0.29) is 5.56 Å². The fourth-order valence-electron chi connectivity index (χ4n) is 1.56. The van der Waals surface area contributed by atoms with E-state index in [0.717, 1.165) is 10.4 Å². The molecule has 2 rings (SSSR count). The Balaban J connectivity index is 2.62. The largest absolute Gasteiger partial charge is 0.477 e. The molecule has 0 atom stereocenters. The van der Waals surface area contributed by atoms with Crippen LogP contribution in [-0.4, -0.2) is 16.2 Å². The second kappa shape index (κ2) is 4.09. The zero-order valence-electron chi connectivity index (χ0n) is 8.98. The molecule has 0 aliphatic rings. The molecule has 84 valence electrons. The molecule has 0 saturated carbocycles.